The lowest BCUT2D eigenvalue weighted by atomic mass is 9.82. The first-order chi connectivity index (χ1) is 8.34. The maximum absolute atomic E-state index is 12.4. The van der Waals surface area contributed by atoms with Crippen LogP contribution in [-0.4, -0.2) is 36.5 Å². The summed E-state index contributed by atoms with van der Waals surface area (Å²) in [5.41, 5.74) is 0. The van der Waals surface area contributed by atoms with E-state index in [0.717, 1.165) is 37.9 Å². The summed E-state index contributed by atoms with van der Waals surface area (Å²) >= 11 is 0. The lowest BCUT2D eigenvalue weighted by Crippen LogP contribution is -2.47. The summed E-state index contributed by atoms with van der Waals surface area (Å²) in [4.78, 5) is 14.6. The maximum atomic E-state index is 12.4. The van der Waals surface area contributed by atoms with E-state index < -0.39 is 0 Å². The molecule has 2 saturated heterocycles. The molecule has 0 spiro atoms. The average molecular weight is 236 g/mol. The molecule has 96 valence electrons. The first kappa shape index (κ1) is 11.5. The largest absolute Gasteiger partial charge is 0.341 e. The van der Waals surface area contributed by atoms with Crippen molar-refractivity contribution < 1.29 is 4.79 Å². The van der Waals surface area contributed by atoms with Crippen molar-refractivity contribution in [3.8, 4) is 0 Å². The Balaban J connectivity index is 1.59. The number of fused-ring (bicyclic) bond motifs is 1. The molecule has 0 bridgehead atoms. The summed E-state index contributed by atoms with van der Waals surface area (Å²) in [6.07, 6.45) is 8.96. The smallest absolute Gasteiger partial charge is 0.239 e. The minimum Gasteiger partial charge on any atom is -0.341 e. The molecule has 17 heavy (non-hydrogen) atoms. The van der Waals surface area contributed by atoms with Crippen molar-refractivity contribution in [2.45, 2.75) is 51.0 Å². The van der Waals surface area contributed by atoms with Crippen LogP contribution in [0.15, 0.2) is 0 Å². The van der Waals surface area contributed by atoms with Gasteiger partial charge < -0.3 is 10.2 Å². The van der Waals surface area contributed by atoms with Crippen molar-refractivity contribution >= 4 is 5.91 Å². The summed E-state index contributed by atoms with van der Waals surface area (Å²) in [5, 5.41) is 3.39. The lowest BCUT2D eigenvalue weighted by molar-refractivity contribution is -0.133. The van der Waals surface area contributed by atoms with Crippen molar-refractivity contribution in [3.05, 3.63) is 0 Å². The number of hydrogen-bond acceptors (Lipinski definition) is 2. The number of likely N-dealkylation sites (tertiary alicyclic amines) is 1. The third-order valence-electron chi connectivity index (χ3n) is 4.90. The van der Waals surface area contributed by atoms with Crippen molar-refractivity contribution in [1.29, 1.82) is 0 Å². The number of amides is 1. The molecule has 3 heteroatoms. The predicted octanol–water partition coefficient (Wildman–Crippen LogP) is 1.78. The molecule has 1 amide bonds. The van der Waals surface area contributed by atoms with Crippen LogP contribution in [0.3, 0.4) is 0 Å². The van der Waals surface area contributed by atoms with E-state index in [9.17, 15) is 4.79 Å². The first-order valence-corrected chi connectivity index (χ1v) is 7.37. The Morgan fingerprint density at radius 1 is 0.941 bits per heavy atom. The number of nitrogens with one attached hydrogen (secondary N) is 1. The highest BCUT2D eigenvalue weighted by molar-refractivity contribution is 5.82. The van der Waals surface area contributed by atoms with Gasteiger partial charge in [-0.05, 0) is 44.1 Å². The number of carbonyl (C=O) groups excluding carboxylic acids is 1. The fraction of sp³-hybridized carbons (Fsp3) is 0.929. The fourth-order valence-corrected chi connectivity index (χ4v) is 3.87. The molecule has 3 rings (SSSR count). The van der Waals surface area contributed by atoms with Gasteiger partial charge in [0, 0.05) is 13.1 Å². The van der Waals surface area contributed by atoms with Gasteiger partial charge in [0.25, 0.3) is 0 Å². The zero-order valence-corrected chi connectivity index (χ0v) is 10.7. The van der Waals surface area contributed by atoms with Gasteiger partial charge in [-0.2, -0.15) is 0 Å². The van der Waals surface area contributed by atoms with E-state index in [1.165, 1.54) is 38.5 Å². The van der Waals surface area contributed by atoms with E-state index in [0.29, 0.717) is 5.91 Å². The minimum absolute atomic E-state index is 0.129. The molecular formula is C14H24N2O. The highest BCUT2D eigenvalue weighted by Crippen LogP contribution is 2.36. The van der Waals surface area contributed by atoms with Crippen LogP contribution in [0.4, 0.5) is 0 Å². The van der Waals surface area contributed by atoms with E-state index >= 15 is 0 Å². The molecular weight excluding hydrogens is 212 g/mol. The van der Waals surface area contributed by atoms with Crippen molar-refractivity contribution in [2.75, 3.05) is 19.6 Å². The normalized spacial score (nSPS) is 37.9. The molecule has 2 aliphatic heterocycles. The zero-order valence-electron chi connectivity index (χ0n) is 10.7. The van der Waals surface area contributed by atoms with Gasteiger partial charge in [0.05, 0.1) is 6.04 Å². The van der Waals surface area contributed by atoms with Gasteiger partial charge in [0.15, 0.2) is 0 Å². The second-order valence-electron chi connectivity index (χ2n) is 6.05. The summed E-state index contributed by atoms with van der Waals surface area (Å²) in [5.74, 6) is 2.02. The summed E-state index contributed by atoms with van der Waals surface area (Å²) in [7, 11) is 0. The Hall–Kier alpha value is -0.570. The third kappa shape index (κ3) is 2.35. The summed E-state index contributed by atoms with van der Waals surface area (Å²) < 4.78 is 0. The maximum Gasteiger partial charge on any atom is 0.239 e. The number of rotatable bonds is 1. The molecule has 3 aliphatic rings. The molecule has 3 nitrogen and oxygen atoms in total. The molecule has 1 aliphatic carbocycles. The first-order valence-electron chi connectivity index (χ1n) is 7.37. The summed E-state index contributed by atoms with van der Waals surface area (Å²) in [6, 6.07) is 0.129. The Kier molecular flexibility index (Phi) is 3.37. The van der Waals surface area contributed by atoms with E-state index in [1.54, 1.807) is 0 Å². The zero-order chi connectivity index (χ0) is 11.7. The molecule has 0 aromatic carbocycles. The minimum atomic E-state index is 0.129. The van der Waals surface area contributed by atoms with Crippen molar-refractivity contribution in [3.63, 3.8) is 0 Å². The SMILES string of the molecule is O=C([C@H]1CCCCN1)N1CC2CCCCC2C1. The highest BCUT2D eigenvalue weighted by atomic mass is 16.2. The van der Waals surface area contributed by atoms with Crippen LogP contribution in [0.5, 0.6) is 0 Å². The van der Waals surface area contributed by atoms with Crippen LogP contribution < -0.4 is 5.32 Å². The fourth-order valence-electron chi connectivity index (χ4n) is 3.87. The number of nitrogens with zero attached hydrogens (tertiary/aromatic N) is 1. The van der Waals surface area contributed by atoms with Crippen LogP contribution in [0, 0.1) is 11.8 Å². The van der Waals surface area contributed by atoms with Gasteiger partial charge in [-0.25, -0.2) is 0 Å². The van der Waals surface area contributed by atoms with Crippen LogP contribution in [-0.2, 0) is 4.79 Å². The van der Waals surface area contributed by atoms with Crippen molar-refractivity contribution in [2.24, 2.45) is 11.8 Å². The Bertz CT molecular complexity index is 272. The van der Waals surface area contributed by atoms with Gasteiger partial charge in [-0.3, -0.25) is 4.79 Å². The quantitative estimate of drug-likeness (QED) is 0.752. The van der Waals surface area contributed by atoms with Gasteiger partial charge in [0.2, 0.25) is 5.91 Å². The number of hydrogen-bond donors (Lipinski definition) is 1. The van der Waals surface area contributed by atoms with Gasteiger partial charge in [-0.1, -0.05) is 19.3 Å². The summed E-state index contributed by atoms with van der Waals surface area (Å²) in [6.45, 7) is 3.11. The number of piperidine rings is 1. The molecule has 2 unspecified atom stereocenters. The van der Waals surface area contributed by atoms with Gasteiger partial charge in [0.1, 0.15) is 0 Å². The van der Waals surface area contributed by atoms with E-state index in [1.807, 2.05) is 0 Å². The molecule has 2 heterocycles. The molecule has 3 atom stereocenters. The van der Waals surface area contributed by atoms with Crippen LogP contribution in [0.1, 0.15) is 44.9 Å². The van der Waals surface area contributed by atoms with E-state index in [-0.39, 0.29) is 6.04 Å². The second kappa shape index (κ2) is 4.97. The number of carbonyl (C=O) groups is 1. The molecule has 1 N–H and O–H groups in total. The van der Waals surface area contributed by atoms with Gasteiger partial charge in [-0.15, -0.1) is 0 Å². The standard InChI is InChI=1S/C14H24N2O/c17-14(13-7-3-4-8-15-13)16-9-11-5-1-2-6-12(11)10-16/h11-13,15H,1-10H2/t11?,12?,13-/m1/s1. The molecule has 3 fully saturated rings. The Morgan fingerprint density at radius 2 is 1.59 bits per heavy atom. The van der Waals surface area contributed by atoms with E-state index in [4.69, 9.17) is 0 Å². The Morgan fingerprint density at radius 3 is 2.18 bits per heavy atom. The monoisotopic (exact) mass is 236 g/mol. The van der Waals surface area contributed by atoms with Gasteiger partial charge >= 0.3 is 0 Å². The molecule has 1 saturated carbocycles. The van der Waals surface area contributed by atoms with Crippen LogP contribution in [0.25, 0.3) is 0 Å². The topological polar surface area (TPSA) is 32.3 Å². The van der Waals surface area contributed by atoms with Crippen LogP contribution >= 0.6 is 0 Å². The highest BCUT2D eigenvalue weighted by Gasteiger charge is 2.38. The molecule has 0 radical (unpaired) electrons. The van der Waals surface area contributed by atoms with E-state index in [2.05, 4.69) is 10.2 Å². The molecule has 0 aromatic heterocycles. The lowest BCUT2D eigenvalue weighted by Gasteiger charge is -2.27. The average Bonchev–Trinajstić information content (AvgIpc) is 2.82. The van der Waals surface area contributed by atoms with Crippen LogP contribution in [0.2, 0.25) is 0 Å². The Labute approximate surface area is 104 Å². The third-order valence-corrected chi connectivity index (χ3v) is 4.90. The predicted molar refractivity (Wildman–Crippen MR) is 67.7 cm³/mol. The van der Waals surface area contributed by atoms with Crippen molar-refractivity contribution in [1.82, 2.24) is 10.2 Å². The second-order valence-corrected chi connectivity index (χ2v) is 6.05. The molecule has 0 aromatic rings.